The van der Waals surface area contributed by atoms with E-state index in [1.165, 1.54) is 29.6 Å². The van der Waals surface area contributed by atoms with Crippen molar-refractivity contribution in [3.05, 3.63) is 107 Å². The van der Waals surface area contributed by atoms with Crippen molar-refractivity contribution in [2.24, 2.45) is 0 Å². The van der Waals surface area contributed by atoms with Crippen LogP contribution in [0.5, 0.6) is 5.75 Å². The zero-order chi connectivity index (χ0) is 27.9. The summed E-state index contributed by atoms with van der Waals surface area (Å²) in [6.07, 6.45) is 0. The van der Waals surface area contributed by atoms with Gasteiger partial charge in [-0.3, -0.25) is 14.6 Å². The summed E-state index contributed by atoms with van der Waals surface area (Å²) in [5.41, 5.74) is 4.46. The molecule has 7 nitrogen and oxygen atoms in total. The maximum absolute atomic E-state index is 13.1. The van der Waals surface area contributed by atoms with Gasteiger partial charge < -0.3 is 14.8 Å². The third-order valence-electron chi connectivity index (χ3n) is 7.20. The molecule has 1 N–H and O–H groups in total. The summed E-state index contributed by atoms with van der Waals surface area (Å²) in [6.45, 7) is 3.49. The number of nitrogens with one attached hydrogen (secondary N) is 1. The molecule has 0 radical (unpaired) electrons. The Bertz CT molecular complexity index is 1380. The second-order valence-corrected chi connectivity index (χ2v) is 10.5. The standard InChI is InChI=1S/C32H33N3O4S/c1-38-26-15-13-23(14-16-26)27-22-40-31(29(27)32(37)39-2)33-28(36)21-34-17-19-35(20-18-34)30(24-9-5-3-6-10-24)25-11-7-4-8-12-25/h3-16,22,30H,17-21H2,1-2H3,(H,33,36). The first-order valence-electron chi connectivity index (χ1n) is 13.3. The average Bonchev–Trinajstić information content (AvgIpc) is 3.42. The molecule has 1 aliphatic heterocycles. The first kappa shape index (κ1) is 27.6. The Kier molecular flexibility index (Phi) is 8.91. The summed E-state index contributed by atoms with van der Waals surface area (Å²) in [6, 6.07) is 28.7. The predicted molar refractivity (Wildman–Crippen MR) is 159 cm³/mol. The van der Waals surface area contributed by atoms with E-state index in [0.717, 1.165) is 43.1 Å². The van der Waals surface area contributed by atoms with E-state index in [0.29, 0.717) is 10.6 Å². The number of ether oxygens (including phenoxy) is 2. The Morgan fingerprint density at radius 2 is 1.45 bits per heavy atom. The van der Waals surface area contributed by atoms with Gasteiger partial charge in [-0.2, -0.15) is 0 Å². The van der Waals surface area contributed by atoms with E-state index >= 15 is 0 Å². The third kappa shape index (κ3) is 6.25. The van der Waals surface area contributed by atoms with Gasteiger partial charge >= 0.3 is 5.97 Å². The molecule has 0 aliphatic carbocycles. The van der Waals surface area contributed by atoms with Crippen LogP contribution in [0, 0.1) is 0 Å². The molecule has 0 saturated carbocycles. The number of hydrogen-bond acceptors (Lipinski definition) is 7. The molecule has 1 fully saturated rings. The van der Waals surface area contributed by atoms with E-state index in [9.17, 15) is 9.59 Å². The van der Waals surface area contributed by atoms with Crippen molar-refractivity contribution >= 4 is 28.2 Å². The molecule has 1 amide bonds. The lowest BCUT2D eigenvalue weighted by atomic mass is 9.96. The molecular weight excluding hydrogens is 522 g/mol. The van der Waals surface area contributed by atoms with E-state index < -0.39 is 5.97 Å². The van der Waals surface area contributed by atoms with Gasteiger partial charge in [0.05, 0.1) is 26.8 Å². The SMILES string of the molecule is COC(=O)c1c(-c2ccc(OC)cc2)csc1NC(=O)CN1CCN(C(c2ccccc2)c2ccccc2)CC1. The highest BCUT2D eigenvalue weighted by Crippen LogP contribution is 2.37. The van der Waals surface area contributed by atoms with Crippen LogP contribution in [-0.4, -0.2) is 68.6 Å². The highest BCUT2D eigenvalue weighted by atomic mass is 32.1. The van der Waals surface area contributed by atoms with E-state index in [1.807, 2.05) is 41.8 Å². The molecule has 8 heteroatoms. The van der Waals surface area contributed by atoms with Crippen molar-refractivity contribution < 1.29 is 19.1 Å². The molecule has 1 saturated heterocycles. The number of amides is 1. The fourth-order valence-electron chi connectivity index (χ4n) is 5.17. The molecule has 206 valence electrons. The van der Waals surface area contributed by atoms with Gasteiger partial charge in [0.25, 0.3) is 0 Å². The van der Waals surface area contributed by atoms with Gasteiger partial charge in [-0.05, 0) is 28.8 Å². The number of piperazine rings is 1. The highest BCUT2D eigenvalue weighted by molar-refractivity contribution is 7.15. The van der Waals surface area contributed by atoms with Gasteiger partial charge in [0.15, 0.2) is 0 Å². The lowest BCUT2D eigenvalue weighted by Gasteiger charge is -2.39. The quantitative estimate of drug-likeness (QED) is 0.273. The largest absolute Gasteiger partial charge is 0.497 e. The zero-order valence-corrected chi connectivity index (χ0v) is 23.5. The molecule has 0 spiro atoms. The second-order valence-electron chi connectivity index (χ2n) is 9.66. The zero-order valence-electron chi connectivity index (χ0n) is 22.7. The number of benzene rings is 3. The number of thiophene rings is 1. The molecule has 5 rings (SSSR count). The first-order chi connectivity index (χ1) is 19.6. The van der Waals surface area contributed by atoms with Gasteiger partial charge in [0.2, 0.25) is 5.91 Å². The van der Waals surface area contributed by atoms with Crippen molar-refractivity contribution in [1.82, 2.24) is 9.80 Å². The van der Waals surface area contributed by atoms with Crippen LogP contribution in [0.1, 0.15) is 27.5 Å². The van der Waals surface area contributed by atoms with Crippen LogP contribution in [0.4, 0.5) is 5.00 Å². The normalized spacial score (nSPS) is 14.2. The smallest absolute Gasteiger partial charge is 0.341 e. The minimum Gasteiger partial charge on any atom is -0.497 e. The van der Waals surface area contributed by atoms with Gasteiger partial charge in [0.1, 0.15) is 16.3 Å². The Hall–Kier alpha value is -3.98. The van der Waals surface area contributed by atoms with Crippen LogP contribution in [0.15, 0.2) is 90.3 Å². The van der Waals surface area contributed by atoms with E-state index in [4.69, 9.17) is 9.47 Å². The Labute approximate surface area is 239 Å². The van der Waals surface area contributed by atoms with Crippen LogP contribution in [0.2, 0.25) is 0 Å². The Morgan fingerprint density at radius 3 is 2.00 bits per heavy atom. The van der Waals surface area contributed by atoms with Gasteiger partial charge in [0, 0.05) is 37.1 Å². The number of anilines is 1. The lowest BCUT2D eigenvalue weighted by molar-refractivity contribution is -0.117. The summed E-state index contributed by atoms with van der Waals surface area (Å²) in [5, 5.41) is 5.34. The molecule has 0 bridgehead atoms. The molecule has 0 atom stereocenters. The summed E-state index contributed by atoms with van der Waals surface area (Å²) >= 11 is 1.32. The maximum atomic E-state index is 13.1. The van der Waals surface area contributed by atoms with Gasteiger partial charge in [-0.1, -0.05) is 72.8 Å². The number of carbonyl (C=O) groups excluding carboxylic acids is 2. The lowest BCUT2D eigenvalue weighted by Crippen LogP contribution is -2.49. The van der Waals surface area contributed by atoms with Crippen molar-refractivity contribution in [3.63, 3.8) is 0 Å². The maximum Gasteiger partial charge on any atom is 0.341 e. The summed E-state index contributed by atoms with van der Waals surface area (Å²) in [4.78, 5) is 30.5. The number of methoxy groups -OCH3 is 2. The number of nitrogens with zero attached hydrogens (tertiary/aromatic N) is 2. The summed E-state index contributed by atoms with van der Waals surface area (Å²) in [5.74, 6) is 0.0966. The average molecular weight is 556 g/mol. The van der Waals surface area contributed by atoms with Crippen molar-refractivity contribution in [2.45, 2.75) is 6.04 Å². The molecule has 1 aliphatic rings. The number of rotatable bonds is 9. The molecule has 1 aromatic heterocycles. The fraction of sp³-hybridized carbons (Fsp3) is 0.250. The molecule has 2 heterocycles. The summed E-state index contributed by atoms with van der Waals surface area (Å²) < 4.78 is 10.3. The van der Waals surface area contributed by atoms with E-state index in [1.54, 1.807) is 7.11 Å². The molecule has 0 unspecified atom stereocenters. The Balaban J connectivity index is 1.24. The predicted octanol–water partition coefficient (Wildman–Crippen LogP) is 5.56. The highest BCUT2D eigenvalue weighted by Gasteiger charge is 2.28. The van der Waals surface area contributed by atoms with Crippen LogP contribution < -0.4 is 10.1 Å². The van der Waals surface area contributed by atoms with Crippen LogP contribution >= 0.6 is 11.3 Å². The topological polar surface area (TPSA) is 71.1 Å². The van der Waals surface area contributed by atoms with Crippen LogP contribution in [-0.2, 0) is 9.53 Å². The third-order valence-corrected chi connectivity index (χ3v) is 8.10. The van der Waals surface area contributed by atoms with E-state index in [-0.39, 0.29) is 18.5 Å². The minimum atomic E-state index is -0.483. The van der Waals surface area contributed by atoms with Crippen LogP contribution in [0.3, 0.4) is 0 Å². The number of carbonyl (C=O) groups is 2. The minimum absolute atomic E-state index is 0.149. The second kappa shape index (κ2) is 12.9. The van der Waals surface area contributed by atoms with Gasteiger partial charge in [-0.15, -0.1) is 11.3 Å². The van der Waals surface area contributed by atoms with Crippen LogP contribution in [0.25, 0.3) is 11.1 Å². The molecule has 3 aromatic carbocycles. The number of hydrogen-bond donors (Lipinski definition) is 1. The van der Waals surface area contributed by atoms with Crippen molar-refractivity contribution in [1.29, 1.82) is 0 Å². The fourth-order valence-corrected chi connectivity index (χ4v) is 6.14. The Morgan fingerprint density at radius 1 is 0.850 bits per heavy atom. The van der Waals surface area contributed by atoms with E-state index in [2.05, 4.69) is 63.6 Å². The number of esters is 1. The van der Waals surface area contributed by atoms with Crippen molar-refractivity contribution in [3.8, 4) is 16.9 Å². The van der Waals surface area contributed by atoms with Gasteiger partial charge in [-0.25, -0.2) is 4.79 Å². The molecular formula is C32H33N3O4S. The first-order valence-corrected chi connectivity index (χ1v) is 14.2. The van der Waals surface area contributed by atoms with Crippen molar-refractivity contribution in [2.75, 3.05) is 52.3 Å². The molecule has 40 heavy (non-hydrogen) atoms. The molecule has 4 aromatic rings. The summed E-state index contributed by atoms with van der Waals surface area (Å²) in [7, 11) is 2.96. The monoisotopic (exact) mass is 555 g/mol.